The number of rotatable bonds is 2. The molecule has 1 aliphatic heterocycles. The van der Waals surface area contributed by atoms with Crippen molar-refractivity contribution in [1.29, 1.82) is 0 Å². The molecule has 1 aromatic heterocycles. The topological polar surface area (TPSA) is 101 Å². The quantitative estimate of drug-likeness (QED) is 0.562. The van der Waals surface area contributed by atoms with Crippen LogP contribution in [-0.2, 0) is 9.84 Å². The van der Waals surface area contributed by atoms with Crippen LogP contribution in [0, 0.1) is 6.92 Å². The van der Waals surface area contributed by atoms with Gasteiger partial charge in [0.15, 0.2) is 9.84 Å². The number of aryl methyl sites for hydroxylation is 1. The molecule has 18 heavy (non-hydrogen) atoms. The van der Waals surface area contributed by atoms with Gasteiger partial charge in [-0.3, -0.25) is 5.43 Å². The number of aromatic nitrogens is 2. The fourth-order valence-electron chi connectivity index (χ4n) is 2.11. The predicted octanol–water partition coefficient (Wildman–Crippen LogP) is -0.306. The van der Waals surface area contributed by atoms with E-state index < -0.39 is 9.84 Å². The van der Waals surface area contributed by atoms with E-state index in [0.717, 1.165) is 11.4 Å². The third kappa shape index (κ3) is 2.54. The van der Waals surface area contributed by atoms with Crippen molar-refractivity contribution in [2.45, 2.75) is 19.9 Å². The summed E-state index contributed by atoms with van der Waals surface area (Å²) in [6.07, 6.45) is 1.67. The minimum Gasteiger partial charge on any atom is -0.351 e. The maximum absolute atomic E-state index is 11.6. The van der Waals surface area contributed by atoms with Gasteiger partial charge in [0, 0.05) is 24.3 Å². The van der Waals surface area contributed by atoms with Gasteiger partial charge in [0.2, 0.25) is 5.95 Å². The highest BCUT2D eigenvalue weighted by Gasteiger charge is 2.29. The third-order valence-corrected chi connectivity index (χ3v) is 4.81. The molecule has 8 heteroatoms. The smallest absolute Gasteiger partial charge is 0.239 e. The molecule has 0 spiro atoms. The molecule has 0 aliphatic carbocycles. The number of hydrogen-bond acceptors (Lipinski definition) is 7. The van der Waals surface area contributed by atoms with E-state index in [1.807, 2.05) is 18.7 Å². The Bertz CT molecular complexity index is 545. The van der Waals surface area contributed by atoms with E-state index in [0.29, 0.717) is 12.5 Å². The van der Waals surface area contributed by atoms with Crippen LogP contribution in [0.25, 0.3) is 0 Å². The Labute approximate surface area is 106 Å². The van der Waals surface area contributed by atoms with Crippen LogP contribution < -0.4 is 16.2 Å². The summed E-state index contributed by atoms with van der Waals surface area (Å²) in [6.45, 7) is 4.23. The fraction of sp³-hybridized carbons (Fsp3) is 0.600. The van der Waals surface area contributed by atoms with Gasteiger partial charge in [-0.1, -0.05) is 0 Å². The lowest BCUT2D eigenvalue weighted by Crippen LogP contribution is -2.47. The number of nitrogen functional groups attached to an aromatic ring is 1. The highest BCUT2D eigenvalue weighted by Crippen LogP contribution is 2.23. The van der Waals surface area contributed by atoms with Gasteiger partial charge in [-0.2, -0.15) is 4.98 Å². The lowest BCUT2D eigenvalue weighted by Gasteiger charge is -2.34. The summed E-state index contributed by atoms with van der Waals surface area (Å²) in [5.74, 6) is 6.67. The van der Waals surface area contributed by atoms with E-state index >= 15 is 0 Å². The average Bonchev–Trinajstić information content (AvgIpc) is 2.29. The first kappa shape index (κ1) is 13.0. The molecule has 0 radical (unpaired) electrons. The van der Waals surface area contributed by atoms with Gasteiger partial charge in [0.25, 0.3) is 0 Å². The molecule has 2 heterocycles. The standard InChI is InChI=1S/C10H17N5O2S/c1-7-5-12-10(14-11)13-9(7)15-3-4-18(16,17)6-8(15)2/h5,8H,3-4,6,11H2,1-2H3,(H,12,13,14). The maximum Gasteiger partial charge on any atom is 0.239 e. The van der Waals surface area contributed by atoms with Crippen molar-refractivity contribution < 1.29 is 8.42 Å². The summed E-state index contributed by atoms with van der Waals surface area (Å²) in [7, 11) is -2.93. The molecule has 1 saturated heterocycles. The second-order valence-electron chi connectivity index (χ2n) is 4.50. The molecule has 1 aliphatic rings. The zero-order valence-electron chi connectivity index (χ0n) is 10.4. The average molecular weight is 271 g/mol. The normalized spacial score (nSPS) is 22.8. The molecule has 1 aromatic rings. The SMILES string of the molecule is Cc1cnc(NN)nc1N1CCS(=O)(=O)CC1C. The Morgan fingerprint density at radius 1 is 1.56 bits per heavy atom. The molecular formula is C10H17N5O2S. The molecule has 0 amide bonds. The van der Waals surface area contributed by atoms with Gasteiger partial charge >= 0.3 is 0 Å². The minimum atomic E-state index is -2.93. The third-order valence-electron chi connectivity index (χ3n) is 3.02. The van der Waals surface area contributed by atoms with Gasteiger partial charge in [0.1, 0.15) is 5.82 Å². The molecule has 100 valence electrons. The Morgan fingerprint density at radius 3 is 2.89 bits per heavy atom. The van der Waals surface area contributed by atoms with Crippen molar-refractivity contribution in [3.63, 3.8) is 0 Å². The Hall–Kier alpha value is -1.41. The van der Waals surface area contributed by atoms with Gasteiger partial charge in [0.05, 0.1) is 11.5 Å². The zero-order valence-corrected chi connectivity index (χ0v) is 11.2. The van der Waals surface area contributed by atoms with Crippen LogP contribution in [-0.4, -0.2) is 42.5 Å². The molecule has 0 aromatic carbocycles. The first-order valence-electron chi connectivity index (χ1n) is 5.70. The second-order valence-corrected chi connectivity index (χ2v) is 6.73. The van der Waals surface area contributed by atoms with E-state index in [1.54, 1.807) is 6.20 Å². The van der Waals surface area contributed by atoms with Crippen molar-refractivity contribution >= 4 is 21.6 Å². The van der Waals surface area contributed by atoms with Crippen LogP contribution in [0.15, 0.2) is 6.20 Å². The molecule has 0 bridgehead atoms. The van der Waals surface area contributed by atoms with Crippen molar-refractivity contribution in [3.8, 4) is 0 Å². The van der Waals surface area contributed by atoms with Crippen LogP contribution >= 0.6 is 0 Å². The lowest BCUT2D eigenvalue weighted by atomic mass is 10.2. The van der Waals surface area contributed by atoms with E-state index in [9.17, 15) is 8.42 Å². The molecule has 1 unspecified atom stereocenters. The Morgan fingerprint density at radius 2 is 2.28 bits per heavy atom. The van der Waals surface area contributed by atoms with E-state index in [-0.39, 0.29) is 17.5 Å². The molecule has 3 N–H and O–H groups in total. The minimum absolute atomic E-state index is 0.0945. The van der Waals surface area contributed by atoms with Gasteiger partial charge in [-0.25, -0.2) is 19.2 Å². The maximum atomic E-state index is 11.6. The number of nitrogens with zero attached hydrogens (tertiary/aromatic N) is 3. The Kier molecular flexibility index (Phi) is 3.40. The number of hydrogen-bond donors (Lipinski definition) is 2. The summed E-state index contributed by atoms with van der Waals surface area (Å²) in [6, 6.07) is -0.0945. The molecule has 1 fully saturated rings. The number of nitrogens with two attached hydrogens (primary N) is 1. The van der Waals surface area contributed by atoms with Crippen LogP contribution in [0.2, 0.25) is 0 Å². The second kappa shape index (κ2) is 4.69. The fourth-order valence-corrected chi connectivity index (χ4v) is 3.66. The van der Waals surface area contributed by atoms with E-state index in [4.69, 9.17) is 5.84 Å². The van der Waals surface area contributed by atoms with Crippen LogP contribution in [0.3, 0.4) is 0 Å². The van der Waals surface area contributed by atoms with Crippen LogP contribution in [0.5, 0.6) is 0 Å². The zero-order chi connectivity index (χ0) is 13.3. The van der Waals surface area contributed by atoms with E-state index in [2.05, 4.69) is 15.4 Å². The van der Waals surface area contributed by atoms with Crippen molar-refractivity contribution in [3.05, 3.63) is 11.8 Å². The summed E-state index contributed by atoms with van der Waals surface area (Å²) in [4.78, 5) is 10.3. The Balaban J connectivity index is 2.32. The lowest BCUT2D eigenvalue weighted by molar-refractivity contribution is 0.566. The number of anilines is 2. The van der Waals surface area contributed by atoms with E-state index in [1.165, 1.54) is 0 Å². The number of nitrogens with one attached hydrogen (secondary N) is 1. The predicted molar refractivity (Wildman–Crippen MR) is 70.0 cm³/mol. The first-order valence-corrected chi connectivity index (χ1v) is 7.52. The van der Waals surface area contributed by atoms with Gasteiger partial charge in [-0.05, 0) is 13.8 Å². The van der Waals surface area contributed by atoms with Crippen LogP contribution in [0.1, 0.15) is 12.5 Å². The van der Waals surface area contributed by atoms with Gasteiger partial charge in [-0.15, -0.1) is 0 Å². The number of hydrazine groups is 1. The number of sulfone groups is 1. The molecule has 2 rings (SSSR count). The van der Waals surface area contributed by atoms with Crippen molar-refractivity contribution in [2.24, 2.45) is 5.84 Å². The molecule has 7 nitrogen and oxygen atoms in total. The monoisotopic (exact) mass is 271 g/mol. The summed E-state index contributed by atoms with van der Waals surface area (Å²) in [5, 5.41) is 0. The van der Waals surface area contributed by atoms with Crippen LogP contribution in [0.4, 0.5) is 11.8 Å². The summed E-state index contributed by atoms with van der Waals surface area (Å²) >= 11 is 0. The first-order chi connectivity index (χ1) is 8.43. The van der Waals surface area contributed by atoms with Crippen molar-refractivity contribution in [1.82, 2.24) is 9.97 Å². The highest BCUT2D eigenvalue weighted by molar-refractivity contribution is 7.91. The van der Waals surface area contributed by atoms with Crippen molar-refractivity contribution in [2.75, 3.05) is 28.4 Å². The summed E-state index contributed by atoms with van der Waals surface area (Å²) < 4.78 is 23.1. The molecule has 0 saturated carbocycles. The highest BCUT2D eigenvalue weighted by atomic mass is 32.2. The summed E-state index contributed by atoms with van der Waals surface area (Å²) in [5.41, 5.74) is 3.30. The largest absolute Gasteiger partial charge is 0.351 e. The molecular weight excluding hydrogens is 254 g/mol. The molecule has 1 atom stereocenters. The van der Waals surface area contributed by atoms with Gasteiger partial charge < -0.3 is 4.90 Å².